The van der Waals surface area contributed by atoms with E-state index in [1.165, 1.54) is 0 Å². The predicted octanol–water partition coefficient (Wildman–Crippen LogP) is 1.24. The molecule has 7 heteroatoms. The van der Waals surface area contributed by atoms with Gasteiger partial charge in [-0.25, -0.2) is 0 Å². The molecule has 0 N–H and O–H groups in total. The Morgan fingerprint density at radius 3 is 2.80 bits per heavy atom. The average molecular weight is 343 g/mol. The Morgan fingerprint density at radius 1 is 1.28 bits per heavy atom. The first-order chi connectivity index (χ1) is 11.9. The van der Waals surface area contributed by atoms with Gasteiger partial charge >= 0.3 is 0 Å². The second-order valence-corrected chi connectivity index (χ2v) is 7.41. The van der Waals surface area contributed by atoms with E-state index in [0.717, 1.165) is 43.3 Å². The van der Waals surface area contributed by atoms with Crippen molar-refractivity contribution in [3.8, 4) is 0 Å². The van der Waals surface area contributed by atoms with Crippen LogP contribution in [0, 0.1) is 6.92 Å². The summed E-state index contributed by atoms with van der Waals surface area (Å²) >= 11 is 0. The van der Waals surface area contributed by atoms with Gasteiger partial charge < -0.3 is 9.32 Å². The number of amides is 1. The van der Waals surface area contributed by atoms with E-state index in [1.54, 1.807) is 10.9 Å². The summed E-state index contributed by atoms with van der Waals surface area (Å²) in [4.78, 5) is 19.1. The van der Waals surface area contributed by atoms with Crippen molar-refractivity contribution < 1.29 is 9.21 Å². The molecule has 1 atom stereocenters. The minimum atomic E-state index is -0.00854. The number of hydrogen-bond acceptors (Lipinski definition) is 5. The highest BCUT2D eigenvalue weighted by atomic mass is 16.3. The van der Waals surface area contributed by atoms with E-state index in [9.17, 15) is 4.79 Å². The molecule has 2 aliphatic rings. The van der Waals surface area contributed by atoms with Gasteiger partial charge in [-0.2, -0.15) is 5.10 Å². The molecule has 0 aromatic carbocycles. The lowest BCUT2D eigenvalue weighted by Gasteiger charge is -2.46. The van der Waals surface area contributed by atoms with Crippen LogP contribution in [0.15, 0.2) is 28.9 Å². The molecular weight excluding hydrogens is 318 g/mol. The molecule has 4 heterocycles. The maximum Gasteiger partial charge on any atom is 0.241 e. The zero-order valence-corrected chi connectivity index (χ0v) is 15.1. The van der Waals surface area contributed by atoms with Crippen molar-refractivity contribution in [2.75, 3.05) is 38.1 Å². The fraction of sp³-hybridized carbons (Fsp3) is 0.556. The van der Waals surface area contributed by atoms with E-state index >= 15 is 0 Å². The normalized spacial score (nSPS) is 25.4. The fourth-order valence-electron chi connectivity index (χ4n) is 4.05. The Hall–Kier alpha value is -2.12. The number of carbonyl (C=O) groups excluding carboxylic acids is 1. The van der Waals surface area contributed by atoms with Crippen LogP contribution in [0.25, 0.3) is 0 Å². The Kier molecular flexibility index (Phi) is 3.92. The Labute approximate surface area is 147 Å². The van der Waals surface area contributed by atoms with Gasteiger partial charge in [0.1, 0.15) is 11.5 Å². The van der Waals surface area contributed by atoms with E-state index in [0.29, 0.717) is 13.1 Å². The van der Waals surface area contributed by atoms with E-state index in [1.807, 2.05) is 31.1 Å². The number of aromatic nitrogens is 2. The number of hydrogen-bond donors (Lipinski definition) is 0. The van der Waals surface area contributed by atoms with Crippen molar-refractivity contribution in [1.29, 1.82) is 0 Å². The van der Waals surface area contributed by atoms with Gasteiger partial charge in [0.05, 0.1) is 30.5 Å². The molecule has 2 aliphatic heterocycles. The molecule has 0 bridgehead atoms. The summed E-state index contributed by atoms with van der Waals surface area (Å²) in [5, 5.41) is 4.22. The number of likely N-dealkylation sites (N-methyl/N-ethyl adjacent to an activating group) is 1. The zero-order valence-electron chi connectivity index (χ0n) is 15.1. The summed E-state index contributed by atoms with van der Waals surface area (Å²) in [7, 11) is 3.95. The first kappa shape index (κ1) is 16.4. The highest BCUT2D eigenvalue weighted by Crippen LogP contribution is 2.34. The molecular formula is C18H25N5O2. The lowest BCUT2D eigenvalue weighted by Crippen LogP contribution is -2.64. The van der Waals surface area contributed by atoms with Crippen molar-refractivity contribution in [2.24, 2.45) is 7.05 Å². The van der Waals surface area contributed by atoms with Crippen LogP contribution in [0.1, 0.15) is 17.9 Å². The topological polar surface area (TPSA) is 57.8 Å². The summed E-state index contributed by atoms with van der Waals surface area (Å²) in [6.45, 7) is 5.91. The van der Waals surface area contributed by atoms with Gasteiger partial charge in [0, 0.05) is 32.9 Å². The van der Waals surface area contributed by atoms with Crippen LogP contribution >= 0.6 is 0 Å². The standard InChI is InChI=1S/C18H25N5O2/c1-14-4-5-16(25-14)10-22-7-6-18(12-22)13-23(17(24)11-20(18)2)15-8-19-21(3)9-15/h4-5,8-9H,6-7,10-13H2,1-3H3/t18-/m1/s1. The molecule has 4 rings (SSSR count). The molecule has 0 radical (unpaired) electrons. The van der Waals surface area contributed by atoms with Crippen molar-refractivity contribution in [1.82, 2.24) is 19.6 Å². The predicted molar refractivity (Wildman–Crippen MR) is 94.3 cm³/mol. The zero-order chi connectivity index (χ0) is 17.6. The van der Waals surface area contributed by atoms with Crippen LogP contribution in [0.3, 0.4) is 0 Å². The molecule has 7 nitrogen and oxygen atoms in total. The number of furan rings is 1. The number of likely N-dealkylation sites (tertiary alicyclic amines) is 1. The van der Waals surface area contributed by atoms with Crippen LogP contribution in [0.4, 0.5) is 5.69 Å². The van der Waals surface area contributed by atoms with Crippen LogP contribution in [0.5, 0.6) is 0 Å². The largest absolute Gasteiger partial charge is 0.465 e. The number of anilines is 1. The minimum absolute atomic E-state index is 0.00854. The quantitative estimate of drug-likeness (QED) is 0.839. The van der Waals surface area contributed by atoms with E-state index in [2.05, 4.69) is 28.0 Å². The molecule has 0 unspecified atom stereocenters. The Morgan fingerprint density at radius 2 is 2.12 bits per heavy atom. The molecule has 0 aliphatic carbocycles. The summed E-state index contributed by atoms with van der Waals surface area (Å²) < 4.78 is 7.47. The average Bonchev–Trinajstić information content (AvgIpc) is 3.26. The summed E-state index contributed by atoms with van der Waals surface area (Å²) in [6.07, 6.45) is 4.73. The Balaban J connectivity index is 1.51. The van der Waals surface area contributed by atoms with Gasteiger partial charge in [-0.3, -0.25) is 19.3 Å². The molecule has 2 saturated heterocycles. The number of piperazine rings is 1. The van der Waals surface area contributed by atoms with Gasteiger partial charge in [-0.1, -0.05) is 0 Å². The molecule has 2 fully saturated rings. The van der Waals surface area contributed by atoms with Crippen LogP contribution in [-0.4, -0.2) is 64.3 Å². The summed E-state index contributed by atoms with van der Waals surface area (Å²) in [6, 6.07) is 4.06. The first-order valence-corrected chi connectivity index (χ1v) is 8.73. The smallest absolute Gasteiger partial charge is 0.241 e. The highest BCUT2D eigenvalue weighted by molar-refractivity contribution is 5.95. The Bertz CT molecular complexity index is 782. The molecule has 1 amide bonds. The van der Waals surface area contributed by atoms with Gasteiger partial charge in [0.15, 0.2) is 0 Å². The van der Waals surface area contributed by atoms with Crippen LogP contribution < -0.4 is 4.90 Å². The molecule has 25 heavy (non-hydrogen) atoms. The number of rotatable bonds is 3. The van der Waals surface area contributed by atoms with E-state index in [-0.39, 0.29) is 11.4 Å². The number of nitrogens with zero attached hydrogens (tertiary/aromatic N) is 5. The van der Waals surface area contributed by atoms with Crippen molar-refractivity contribution in [3.05, 3.63) is 36.0 Å². The highest BCUT2D eigenvalue weighted by Gasteiger charge is 2.47. The van der Waals surface area contributed by atoms with Gasteiger partial charge in [-0.15, -0.1) is 0 Å². The number of aryl methyl sites for hydroxylation is 2. The molecule has 0 saturated carbocycles. The number of carbonyl (C=O) groups is 1. The minimum Gasteiger partial charge on any atom is -0.465 e. The third-order valence-electron chi connectivity index (χ3n) is 5.53. The van der Waals surface area contributed by atoms with Crippen LogP contribution in [-0.2, 0) is 18.4 Å². The van der Waals surface area contributed by atoms with Gasteiger partial charge in [-0.05, 0) is 32.5 Å². The maximum atomic E-state index is 12.5. The molecule has 2 aromatic heterocycles. The SMILES string of the molecule is Cc1ccc(CN2CC[C@@]3(C2)CN(c2cnn(C)c2)C(=O)CN3C)o1. The second-order valence-electron chi connectivity index (χ2n) is 7.41. The first-order valence-electron chi connectivity index (χ1n) is 8.73. The van der Waals surface area contributed by atoms with Gasteiger partial charge in [0.2, 0.25) is 5.91 Å². The van der Waals surface area contributed by atoms with Gasteiger partial charge in [0.25, 0.3) is 0 Å². The lowest BCUT2D eigenvalue weighted by molar-refractivity contribution is -0.123. The van der Waals surface area contributed by atoms with Crippen LogP contribution in [0.2, 0.25) is 0 Å². The third-order valence-corrected chi connectivity index (χ3v) is 5.53. The monoisotopic (exact) mass is 343 g/mol. The summed E-state index contributed by atoms with van der Waals surface area (Å²) in [5.74, 6) is 2.10. The van der Waals surface area contributed by atoms with E-state index in [4.69, 9.17) is 4.42 Å². The van der Waals surface area contributed by atoms with E-state index < -0.39 is 0 Å². The van der Waals surface area contributed by atoms with Crippen molar-refractivity contribution in [3.63, 3.8) is 0 Å². The molecule has 134 valence electrons. The summed E-state index contributed by atoms with van der Waals surface area (Å²) in [5.41, 5.74) is 0.880. The second kappa shape index (κ2) is 6.00. The third kappa shape index (κ3) is 2.98. The molecule has 1 spiro atoms. The lowest BCUT2D eigenvalue weighted by atomic mass is 9.93. The molecule has 2 aromatic rings. The fourth-order valence-corrected chi connectivity index (χ4v) is 4.05. The maximum absolute atomic E-state index is 12.5. The van der Waals surface area contributed by atoms with Crippen molar-refractivity contribution in [2.45, 2.75) is 25.4 Å². The van der Waals surface area contributed by atoms with Crippen molar-refractivity contribution >= 4 is 11.6 Å².